The standard InChI is InChI=1S/C13H21N3S/c1-16(8-9-4-2-5-9)13-15-11-7-3-6-10(14)12(11)17-13/h9-10H,2-8,14H2,1H3. The summed E-state index contributed by atoms with van der Waals surface area (Å²) in [6.45, 7) is 1.17. The Morgan fingerprint density at radius 2 is 2.18 bits per heavy atom. The molecule has 17 heavy (non-hydrogen) atoms. The number of hydrogen-bond acceptors (Lipinski definition) is 4. The molecular formula is C13H21N3S. The average Bonchev–Trinajstić information content (AvgIpc) is 2.68. The van der Waals surface area contributed by atoms with Gasteiger partial charge in [0.1, 0.15) is 0 Å². The maximum absolute atomic E-state index is 6.15. The van der Waals surface area contributed by atoms with E-state index in [1.54, 1.807) is 0 Å². The molecule has 3 nitrogen and oxygen atoms in total. The molecule has 2 aliphatic rings. The van der Waals surface area contributed by atoms with Crippen LogP contribution in [-0.2, 0) is 6.42 Å². The predicted molar refractivity (Wildman–Crippen MR) is 72.6 cm³/mol. The van der Waals surface area contributed by atoms with Crippen LogP contribution in [0.5, 0.6) is 0 Å². The number of nitrogens with two attached hydrogens (primary N) is 1. The van der Waals surface area contributed by atoms with Crippen molar-refractivity contribution in [3.05, 3.63) is 10.6 Å². The number of hydrogen-bond donors (Lipinski definition) is 1. The Hall–Kier alpha value is -0.610. The van der Waals surface area contributed by atoms with E-state index in [1.807, 2.05) is 11.3 Å². The molecule has 0 amide bonds. The van der Waals surface area contributed by atoms with Crippen LogP contribution in [0.15, 0.2) is 0 Å². The second kappa shape index (κ2) is 4.58. The van der Waals surface area contributed by atoms with Gasteiger partial charge in [-0.3, -0.25) is 0 Å². The van der Waals surface area contributed by atoms with Gasteiger partial charge in [-0.15, -0.1) is 11.3 Å². The molecule has 1 atom stereocenters. The summed E-state index contributed by atoms with van der Waals surface area (Å²) in [7, 11) is 2.17. The van der Waals surface area contributed by atoms with E-state index < -0.39 is 0 Å². The Morgan fingerprint density at radius 1 is 1.35 bits per heavy atom. The van der Waals surface area contributed by atoms with Crippen molar-refractivity contribution in [3.8, 4) is 0 Å². The van der Waals surface area contributed by atoms with Gasteiger partial charge in [-0.05, 0) is 38.0 Å². The lowest BCUT2D eigenvalue weighted by Gasteiger charge is -2.29. The van der Waals surface area contributed by atoms with Gasteiger partial charge in [0.05, 0.1) is 5.69 Å². The fourth-order valence-electron chi connectivity index (χ4n) is 2.74. The van der Waals surface area contributed by atoms with Crippen molar-refractivity contribution in [2.45, 2.75) is 44.6 Å². The Bertz CT molecular complexity index is 397. The SMILES string of the molecule is CN(CC1CCC1)c1nc2c(s1)C(N)CCC2. The third-order valence-corrected chi connectivity index (χ3v) is 5.41. The van der Waals surface area contributed by atoms with Gasteiger partial charge in [0.15, 0.2) is 5.13 Å². The fraction of sp³-hybridized carbons (Fsp3) is 0.769. The van der Waals surface area contributed by atoms with E-state index in [0.717, 1.165) is 18.8 Å². The fourth-order valence-corrected chi connectivity index (χ4v) is 3.86. The van der Waals surface area contributed by atoms with Gasteiger partial charge >= 0.3 is 0 Å². The maximum Gasteiger partial charge on any atom is 0.185 e. The average molecular weight is 251 g/mol. The minimum Gasteiger partial charge on any atom is -0.351 e. The van der Waals surface area contributed by atoms with E-state index >= 15 is 0 Å². The molecule has 1 heterocycles. The third-order valence-electron chi connectivity index (χ3n) is 4.07. The lowest BCUT2D eigenvalue weighted by molar-refractivity contribution is 0.321. The summed E-state index contributed by atoms with van der Waals surface area (Å²) < 4.78 is 0. The van der Waals surface area contributed by atoms with Gasteiger partial charge in [-0.2, -0.15) is 0 Å². The molecule has 0 bridgehead atoms. The summed E-state index contributed by atoms with van der Waals surface area (Å²) in [6.07, 6.45) is 7.66. The number of thiazole rings is 1. The number of nitrogens with zero attached hydrogens (tertiary/aromatic N) is 2. The molecule has 0 spiro atoms. The van der Waals surface area contributed by atoms with E-state index in [1.165, 1.54) is 47.9 Å². The number of aryl methyl sites for hydroxylation is 1. The van der Waals surface area contributed by atoms with E-state index in [2.05, 4.69) is 11.9 Å². The van der Waals surface area contributed by atoms with Crippen LogP contribution in [0.4, 0.5) is 5.13 Å². The highest BCUT2D eigenvalue weighted by molar-refractivity contribution is 7.15. The van der Waals surface area contributed by atoms with Crippen molar-refractivity contribution in [2.75, 3.05) is 18.5 Å². The first-order valence-electron chi connectivity index (χ1n) is 6.70. The van der Waals surface area contributed by atoms with Gasteiger partial charge < -0.3 is 10.6 Å². The van der Waals surface area contributed by atoms with Crippen LogP contribution in [0.2, 0.25) is 0 Å². The minimum atomic E-state index is 0.238. The molecule has 2 aliphatic carbocycles. The van der Waals surface area contributed by atoms with Crippen LogP contribution in [0.3, 0.4) is 0 Å². The quantitative estimate of drug-likeness (QED) is 0.898. The molecule has 3 rings (SSSR count). The van der Waals surface area contributed by atoms with E-state index in [4.69, 9.17) is 10.7 Å². The summed E-state index contributed by atoms with van der Waals surface area (Å²) in [5, 5.41) is 1.18. The second-order valence-electron chi connectivity index (χ2n) is 5.48. The van der Waals surface area contributed by atoms with Crippen LogP contribution in [0, 0.1) is 5.92 Å². The summed E-state index contributed by atoms with van der Waals surface area (Å²) in [4.78, 5) is 8.45. The Kier molecular flexibility index (Phi) is 3.09. The number of fused-ring (bicyclic) bond motifs is 1. The lowest BCUT2D eigenvalue weighted by Crippen LogP contribution is -2.29. The molecule has 4 heteroatoms. The third kappa shape index (κ3) is 2.20. The summed E-state index contributed by atoms with van der Waals surface area (Å²) in [5.41, 5.74) is 7.42. The number of anilines is 1. The molecule has 1 unspecified atom stereocenters. The van der Waals surface area contributed by atoms with Crippen molar-refractivity contribution < 1.29 is 0 Å². The monoisotopic (exact) mass is 251 g/mol. The molecule has 94 valence electrons. The van der Waals surface area contributed by atoms with Gasteiger partial charge in [-0.1, -0.05) is 6.42 Å². The Balaban J connectivity index is 1.74. The van der Waals surface area contributed by atoms with E-state index in [0.29, 0.717) is 0 Å². The molecule has 1 fully saturated rings. The Morgan fingerprint density at radius 3 is 2.82 bits per heavy atom. The van der Waals surface area contributed by atoms with E-state index in [-0.39, 0.29) is 6.04 Å². The van der Waals surface area contributed by atoms with Gasteiger partial charge in [-0.25, -0.2) is 4.98 Å². The number of aromatic nitrogens is 1. The highest BCUT2D eigenvalue weighted by Crippen LogP contribution is 2.37. The van der Waals surface area contributed by atoms with Gasteiger partial charge in [0, 0.05) is 24.5 Å². The highest BCUT2D eigenvalue weighted by Gasteiger charge is 2.25. The first-order chi connectivity index (χ1) is 8.24. The minimum absolute atomic E-state index is 0.238. The van der Waals surface area contributed by atoms with Crippen LogP contribution in [-0.4, -0.2) is 18.6 Å². The van der Waals surface area contributed by atoms with Crippen LogP contribution in [0.25, 0.3) is 0 Å². The zero-order valence-electron chi connectivity index (χ0n) is 10.5. The van der Waals surface area contributed by atoms with E-state index in [9.17, 15) is 0 Å². The molecule has 2 N–H and O–H groups in total. The smallest absolute Gasteiger partial charge is 0.185 e. The molecule has 0 radical (unpaired) electrons. The first kappa shape index (κ1) is 11.5. The molecule has 1 aromatic heterocycles. The predicted octanol–water partition coefficient (Wildman–Crippen LogP) is 2.72. The van der Waals surface area contributed by atoms with Crippen molar-refractivity contribution >= 4 is 16.5 Å². The van der Waals surface area contributed by atoms with Gasteiger partial charge in [0.25, 0.3) is 0 Å². The van der Waals surface area contributed by atoms with Crippen molar-refractivity contribution in [1.29, 1.82) is 0 Å². The molecule has 0 saturated heterocycles. The lowest BCUT2D eigenvalue weighted by atomic mass is 9.85. The van der Waals surface area contributed by atoms with Crippen LogP contribution >= 0.6 is 11.3 Å². The van der Waals surface area contributed by atoms with Gasteiger partial charge in [0.2, 0.25) is 0 Å². The van der Waals surface area contributed by atoms with Crippen molar-refractivity contribution in [2.24, 2.45) is 11.7 Å². The zero-order valence-corrected chi connectivity index (χ0v) is 11.3. The van der Waals surface area contributed by atoms with Crippen LogP contribution in [0.1, 0.15) is 48.7 Å². The van der Waals surface area contributed by atoms with Crippen molar-refractivity contribution in [3.63, 3.8) is 0 Å². The summed E-state index contributed by atoms with van der Waals surface area (Å²) >= 11 is 1.82. The summed E-state index contributed by atoms with van der Waals surface area (Å²) in [6, 6.07) is 0.238. The molecule has 0 aromatic carbocycles. The molecule has 1 aromatic rings. The zero-order chi connectivity index (χ0) is 11.8. The first-order valence-corrected chi connectivity index (χ1v) is 7.52. The molecular weight excluding hydrogens is 230 g/mol. The number of rotatable bonds is 3. The molecule has 0 aliphatic heterocycles. The summed E-state index contributed by atoms with van der Waals surface area (Å²) in [5.74, 6) is 0.898. The Labute approximate surface area is 107 Å². The van der Waals surface area contributed by atoms with Crippen molar-refractivity contribution in [1.82, 2.24) is 4.98 Å². The maximum atomic E-state index is 6.15. The normalized spacial score (nSPS) is 24.2. The molecule has 1 saturated carbocycles. The topological polar surface area (TPSA) is 42.2 Å². The second-order valence-corrected chi connectivity index (χ2v) is 6.49. The van der Waals surface area contributed by atoms with Crippen LogP contribution < -0.4 is 10.6 Å². The largest absolute Gasteiger partial charge is 0.351 e. The highest BCUT2D eigenvalue weighted by atomic mass is 32.1.